The molecule has 0 aliphatic heterocycles. The lowest BCUT2D eigenvalue weighted by Gasteiger charge is -2.07. The normalized spacial score (nSPS) is 11.1. The number of rotatable bonds is 8. The van der Waals surface area contributed by atoms with Crippen molar-refractivity contribution in [1.29, 1.82) is 0 Å². The van der Waals surface area contributed by atoms with E-state index in [1.807, 2.05) is 30.3 Å². The maximum absolute atomic E-state index is 12.2. The SMILES string of the molecule is CCn1c(SCC(=O)NCc2ccccc2)nnc1-c1csc(C(C)C)c1. The number of nitrogens with zero attached hydrogens (tertiary/aromatic N) is 3. The second-order valence-electron chi connectivity index (χ2n) is 6.49. The molecule has 0 saturated carbocycles. The van der Waals surface area contributed by atoms with Crippen molar-refractivity contribution in [3.05, 3.63) is 52.2 Å². The van der Waals surface area contributed by atoms with Crippen LogP contribution in [0, 0.1) is 0 Å². The van der Waals surface area contributed by atoms with Gasteiger partial charge in [0.25, 0.3) is 0 Å². The summed E-state index contributed by atoms with van der Waals surface area (Å²) in [4.78, 5) is 13.5. The molecule has 0 saturated heterocycles. The smallest absolute Gasteiger partial charge is 0.230 e. The van der Waals surface area contributed by atoms with Gasteiger partial charge in [-0.25, -0.2) is 0 Å². The highest BCUT2D eigenvalue weighted by molar-refractivity contribution is 7.99. The van der Waals surface area contributed by atoms with Gasteiger partial charge < -0.3 is 9.88 Å². The summed E-state index contributed by atoms with van der Waals surface area (Å²) in [5, 5.41) is 14.5. The molecule has 3 rings (SSSR count). The van der Waals surface area contributed by atoms with E-state index in [1.165, 1.54) is 16.6 Å². The van der Waals surface area contributed by atoms with Gasteiger partial charge in [-0.2, -0.15) is 0 Å². The fourth-order valence-corrected chi connectivity index (χ4v) is 4.38. The molecule has 2 aromatic heterocycles. The van der Waals surface area contributed by atoms with E-state index in [-0.39, 0.29) is 5.91 Å². The highest BCUT2D eigenvalue weighted by atomic mass is 32.2. The largest absolute Gasteiger partial charge is 0.351 e. The summed E-state index contributed by atoms with van der Waals surface area (Å²) in [5.74, 6) is 1.69. The van der Waals surface area contributed by atoms with Gasteiger partial charge in [-0.1, -0.05) is 55.9 Å². The van der Waals surface area contributed by atoms with Crippen molar-refractivity contribution in [2.75, 3.05) is 5.75 Å². The first-order valence-electron chi connectivity index (χ1n) is 9.04. The van der Waals surface area contributed by atoms with E-state index in [0.29, 0.717) is 18.2 Å². The minimum atomic E-state index is -0.00585. The van der Waals surface area contributed by atoms with Crippen molar-refractivity contribution in [3.8, 4) is 11.4 Å². The van der Waals surface area contributed by atoms with Crippen molar-refractivity contribution in [3.63, 3.8) is 0 Å². The van der Waals surface area contributed by atoms with Crippen LogP contribution in [0.25, 0.3) is 11.4 Å². The van der Waals surface area contributed by atoms with Gasteiger partial charge in [-0.15, -0.1) is 21.5 Å². The molecule has 0 radical (unpaired) electrons. The maximum atomic E-state index is 12.2. The molecule has 3 aromatic rings. The first kappa shape index (κ1) is 19.6. The lowest BCUT2D eigenvalue weighted by molar-refractivity contribution is -0.118. The fraction of sp³-hybridized carbons (Fsp3) is 0.350. The Hall–Kier alpha value is -2.12. The molecule has 0 aliphatic carbocycles. The number of aromatic nitrogens is 3. The number of hydrogen-bond acceptors (Lipinski definition) is 5. The molecule has 0 unspecified atom stereocenters. The molecule has 1 amide bonds. The zero-order valence-electron chi connectivity index (χ0n) is 15.8. The Bertz CT molecular complexity index is 887. The molecule has 0 fully saturated rings. The summed E-state index contributed by atoms with van der Waals surface area (Å²) in [5.41, 5.74) is 2.19. The van der Waals surface area contributed by atoms with E-state index in [0.717, 1.165) is 28.7 Å². The van der Waals surface area contributed by atoms with E-state index in [4.69, 9.17) is 0 Å². The number of carbonyl (C=O) groups is 1. The average molecular weight is 401 g/mol. The Labute approximate surface area is 168 Å². The van der Waals surface area contributed by atoms with E-state index in [9.17, 15) is 4.79 Å². The lowest BCUT2D eigenvalue weighted by atomic mass is 10.1. The first-order valence-corrected chi connectivity index (χ1v) is 10.9. The van der Waals surface area contributed by atoms with Crippen molar-refractivity contribution >= 4 is 29.0 Å². The molecule has 0 bridgehead atoms. The zero-order valence-corrected chi connectivity index (χ0v) is 17.4. The van der Waals surface area contributed by atoms with Gasteiger partial charge in [0.2, 0.25) is 5.91 Å². The van der Waals surface area contributed by atoms with Crippen molar-refractivity contribution < 1.29 is 4.79 Å². The van der Waals surface area contributed by atoms with Crippen molar-refractivity contribution in [2.24, 2.45) is 0 Å². The van der Waals surface area contributed by atoms with Gasteiger partial charge in [-0.3, -0.25) is 4.79 Å². The lowest BCUT2D eigenvalue weighted by Crippen LogP contribution is -2.24. The number of benzene rings is 1. The van der Waals surface area contributed by atoms with E-state index >= 15 is 0 Å². The van der Waals surface area contributed by atoms with Crippen molar-refractivity contribution in [1.82, 2.24) is 20.1 Å². The van der Waals surface area contributed by atoms with Crippen LogP contribution in [0.4, 0.5) is 0 Å². The Balaban J connectivity index is 1.61. The monoisotopic (exact) mass is 400 g/mol. The predicted molar refractivity (Wildman–Crippen MR) is 112 cm³/mol. The number of carbonyl (C=O) groups excluding carboxylic acids is 1. The number of thiophene rings is 1. The fourth-order valence-electron chi connectivity index (χ4n) is 2.64. The molecule has 1 aromatic carbocycles. The van der Waals surface area contributed by atoms with E-state index in [1.54, 1.807) is 11.3 Å². The Morgan fingerprint density at radius 2 is 2.04 bits per heavy atom. The molecule has 0 spiro atoms. The number of amides is 1. The molecular formula is C20H24N4OS2. The summed E-state index contributed by atoms with van der Waals surface area (Å²) >= 11 is 3.18. The topological polar surface area (TPSA) is 59.8 Å². The molecule has 27 heavy (non-hydrogen) atoms. The van der Waals surface area contributed by atoms with Crippen LogP contribution in [-0.2, 0) is 17.9 Å². The Kier molecular flexibility index (Phi) is 6.68. The Morgan fingerprint density at radius 1 is 1.26 bits per heavy atom. The van der Waals surface area contributed by atoms with Gasteiger partial charge in [0, 0.05) is 28.9 Å². The second-order valence-corrected chi connectivity index (χ2v) is 8.38. The summed E-state index contributed by atoms with van der Waals surface area (Å²) in [6.07, 6.45) is 0. The van der Waals surface area contributed by atoms with Crippen LogP contribution in [-0.4, -0.2) is 26.4 Å². The summed E-state index contributed by atoms with van der Waals surface area (Å²) in [6, 6.07) is 12.1. The van der Waals surface area contributed by atoms with Crippen LogP contribution in [0.1, 0.15) is 37.1 Å². The summed E-state index contributed by atoms with van der Waals surface area (Å²) < 4.78 is 2.07. The third kappa shape index (κ3) is 4.99. The highest BCUT2D eigenvalue weighted by Crippen LogP contribution is 2.30. The molecule has 7 heteroatoms. The third-order valence-corrected chi connectivity index (χ3v) is 6.34. The first-order chi connectivity index (χ1) is 13.1. The van der Waals surface area contributed by atoms with Crippen LogP contribution in [0.15, 0.2) is 46.9 Å². The Morgan fingerprint density at radius 3 is 2.70 bits per heavy atom. The van der Waals surface area contributed by atoms with Crippen LogP contribution in [0.3, 0.4) is 0 Å². The zero-order chi connectivity index (χ0) is 19.2. The van der Waals surface area contributed by atoms with Gasteiger partial charge >= 0.3 is 0 Å². The van der Waals surface area contributed by atoms with Crippen molar-refractivity contribution in [2.45, 2.75) is 44.9 Å². The second kappa shape index (κ2) is 9.19. The van der Waals surface area contributed by atoms with Gasteiger partial charge in [-0.05, 0) is 24.5 Å². The molecule has 2 heterocycles. The third-order valence-electron chi connectivity index (χ3n) is 4.14. The van der Waals surface area contributed by atoms with Gasteiger partial charge in [0.1, 0.15) is 0 Å². The molecule has 0 atom stereocenters. The number of nitrogens with one attached hydrogen (secondary N) is 1. The number of thioether (sulfide) groups is 1. The predicted octanol–water partition coefficient (Wildman–Crippen LogP) is 4.56. The summed E-state index contributed by atoms with van der Waals surface area (Å²) in [6.45, 7) is 7.76. The van der Waals surface area contributed by atoms with Gasteiger partial charge in [0.15, 0.2) is 11.0 Å². The highest BCUT2D eigenvalue weighted by Gasteiger charge is 2.16. The minimum Gasteiger partial charge on any atom is -0.351 e. The van der Waals surface area contributed by atoms with Crippen LogP contribution in [0.2, 0.25) is 0 Å². The molecular weight excluding hydrogens is 376 g/mol. The molecule has 1 N–H and O–H groups in total. The summed E-state index contributed by atoms with van der Waals surface area (Å²) in [7, 11) is 0. The number of hydrogen-bond donors (Lipinski definition) is 1. The van der Waals surface area contributed by atoms with E-state index in [2.05, 4.69) is 52.3 Å². The molecule has 0 aliphatic rings. The maximum Gasteiger partial charge on any atom is 0.230 e. The minimum absolute atomic E-state index is 0.00585. The van der Waals surface area contributed by atoms with Gasteiger partial charge in [0.05, 0.1) is 5.75 Å². The van der Waals surface area contributed by atoms with Crippen LogP contribution >= 0.6 is 23.1 Å². The van der Waals surface area contributed by atoms with Crippen LogP contribution < -0.4 is 5.32 Å². The van der Waals surface area contributed by atoms with Crippen LogP contribution in [0.5, 0.6) is 0 Å². The standard InChI is InChI=1S/C20H24N4OS2/c1-4-24-19(16-10-17(14(2)3)26-12-16)22-23-20(24)27-13-18(25)21-11-15-8-6-5-7-9-15/h5-10,12,14H,4,11,13H2,1-3H3,(H,21,25). The molecule has 5 nitrogen and oxygen atoms in total. The quantitative estimate of drug-likeness (QED) is 0.563. The average Bonchev–Trinajstić information content (AvgIpc) is 3.32. The molecule has 142 valence electrons. The van der Waals surface area contributed by atoms with E-state index < -0.39 is 0 Å².